The van der Waals surface area contributed by atoms with Gasteiger partial charge in [-0.3, -0.25) is 24.0 Å². The number of rotatable bonds is 32. The highest BCUT2D eigenvalue weighted by atomic mass is 16.5. The van der Waals surface area contributed by atoms with Crippen LogP contribution in [0.25, 0.3) is 0 Å². The lowest BCUT2D eigenvalue weighted by molar-refractivity contribution is -0.137. The normalized spacial score (nSPS) is 11.8. The van der Waals surface area contributed by atoms with Crippen LogP contribution in [0.15, 0.2) is 0 Å². The number of ketones is 1. The molecule has 0 radical (unpaired) electrons. The maximum Gasteiger partial charge on any atom is 0.303 e. The molecule has 294 valence electrons. The Morgan fingerprint density at radius 1 is 0.640 bits per heavy atom. The smallest absolute Gasteiger partial charge is 0.303 e. The van der Waals surface area contributed by atoms with E-state index in [9.17, 15) is 24.0 Å². The molecule has 0 aliphatic heterocycles. The van der Waals surface area contributed by atoms with Gasteiger partial charge in [0.1, 0.15) is 12.1 Å². The van der Waals surface area contributed by atoms with Crippen LogP contribution in [0.2, 0.25) is 0 Å². The molecule has 0 aliphatic carbocycles. The SMILES string of the molecule is CC(C)C(=O)COCCOCCNC(=O)C(C)(C)NC(=O)CC[C@@H](C)NC(=O)CCCCCCCCCCCCCCCCC(=O)O.CCC. The Kier molecular flexibility index (Phi) is 33.3. The van der Waals surface area contributed by atoms with Gasteiger partial charge in [0, 0.05) is 37.8 Å². The Bertz CT molecular complexity index is 895. The molecule has 0 fully saturated rings. The summed E-state index contributed by atoms with van der Waals surface area (Å²) in [5.74, 6) is -1.26. The third-order valence-electron chi connectivity index (χ3n) is 8.07. The minimum Gasteiger partial charge on any atom is -0.481 e. The number of hydrogen-bond acceptors (Lipinski definition) is 7. The molecule has 0 saturated carbocycles. The molecule has 4 N–H and O–H groups in total. The van der Waals surface area contributed by atoms with E-state index in [4.69, 9.17) is 14.6 Å². The van der Waals surface area contributed by atoms with Crippen molar-refractivity contribution in [3.8, 4) is 0 Å². The molecule has 0 aromatic rings. The molecule has 0 heterocycles. The lowest BCUT2D eigenvalue weighted by Crippen LogP contribution is -2.55. The number of carbonyl (C=O) groups excluding carboxylic acids is 4. The Hall–Kier alpha value is -2.53. The summed E-state index contributed by atoms with van der Waals surface area (Å²) in [5.41, 5.74) is -1.09. The van der Waals surface area contributed by atoms with Crippen molar-refractivity contribution in [3.63, 3.8) is 0 Å². The van der Waals surface area contributed by atoms with Crippen molar-refractivity contribution < 1.29 is 38.6 Å². The highest BCUT2D eigenvalue weighted by molar-refractivity contribution is 5.90. The largest absolute Gasteiger partial charge is 0.481 e. The van der Waals surface area contributed by atoms with Crippen molar-refractivity contribution in [2.24, 2.45) is 5.92 Å². The van der Waals surface area contributed by atoms with E-state index in [1.165, 1.54) is 57.8 Å². The second kappa shape index (κ2) is 33.6. The number of aliphatic carboxylic acids is 1. The maximum absolute atomic E-state index is 12.5. The third kappa shape index (κ3) is 33.9. The summed E-state index contributed by atoms with van der Waals surface area (Å²) in [5, 5.41) is 17.1. The quantitative estimate of drug-likeness (QED) is 0.0529. The zero-order valence-electron chi connectivity index (χ0n) is 32.9. The molecule has 0 spiro atoms. The first-order valence-corrected chi connectivity index (χ1v) is 19.5. The van der Waals surface area contributed by atoms with E-state index in [1.54, 1.807) is 13.8 Å². The molecule has 0 unspecified atom stereocenters. The van der Waals surface area contributed by atoms with E-state index in [0.29, 0.717) is 32.5 Å². The summed E-state index contributed by atoms with van der Waals surface area (Å²) in [7, 11) is 0. The fraction of sp³-hybridized carbons (Fsp3) is 0.872. The number of amides is 3. The van der Waals surface area contributed by atoms with Crippen LogP contribution in [0.4, 0.5) is 0 Å². The summed E-state index contributed by atoms with van der Waals surface area (Å²) in [4.78, 5) is 59.3. The van der Waals surface area contributed by atoms with Gasteiger partial charge in [-0.1, -0.05) is 111 Å². The minimum absolute atomic E-state index is 0.0114. The van der Waals surface area contributed by atoms with Gasteiger partial charge in [-0.05, 0) is 40.0 Å². The van der Waals surface area contributed by atoms with Gasteiger partial charge in [-0.2, -0.15) is 0 Å². The van der Waals surface area contributed by atoms with Crippen LogP contribution in [0.3, 0.4) is 0 Å². The lowest BCUT2D eigenvalue weighted by Gasteiger charge is -2.25. The number of unbranched alkanes of at least 4 members (excludes halogenated alkanes) is 13. The Balaban J connectivity index is 0. The molecular weight excluding hydrogens is 638 g/mol. The van der Waals surface area contributed by atoms with Gasteiger partial charge in [0.25, 0.3) is 0 Å². The van der Waals surface area contributed by atoms with Crippen LogP contribution in [0.1, 0.15) is 170 Å². The Labute approximate surface area is 304 Å². The van der Waals surface area contributed by atoms with Gasteiger partial charge in [0.05, 0.1) is 19.8 Å². The summed E-state index contributed by atoms with van der Waals surface area (Å²) < 4.78 is 10.7. The molecule has 0 rings (SSSR count). The number of Topliss-reactive ketones (excluding diaryl/α,β-unsaturated/α-hetero) is 1. The van der Waals surface area contributed by atoms with Gasteiger partial charge in [-0.15, -0.1) is 0 Å². The van der Waals surface area contributed by atoms with E-state index in [1.807, 2.05) is 20.8 Å². The van der Waals surface area contributed by atoms with Gasteiger partial charge < -0.3 is 30.5 Å². The summed E-state index contributed by atoms with van der Waals surface area (Å²) in [6.45, 7) is 14.3. The standard InChI is InChI=1S/C36H67N3O8.C3H8/c1-29(2)31(40)28-47-27-26-46-25-24-37-35(45)36(4,5)39-33(42)23-22-30(3)38-32(41)20-18-16-14-12-10-8-6-7-9-11-13-15-17-19-21-34(43)44;1-3-2/h29-30H,6-28H2,1-5H3,(H,37,45)(H,38,41)(H,39,42)(H,43,44);3H2,1-2H3/t30-;/m1./s1. The number of carbonyl (C=O) groups is 5. The van der Waals surface area contributed by atoms with Gasteiger partial charge >= 0.3 is 5.97 Å². The van der Waals surface area contributed by atoms with Crippen LogP contribution in [-0.4, -0.2) is 79.1 Å². The van der Waals surface area contributed by atoms with Crippen molar-refractivity contribution in [2.45, 2.75) is 182 Å². The van der Waals surface area contributed by atoms with Crippen LogP contribution < -0.4 is 16.0 Å². The van der Waals surface area contributed by atoms with E-state index in [0.717, 1.165) is 38.5 Å². The van der Waals surface area contributed by atoms with Crippen molar-refractivity contribution >= 4 is 29.5 Å². The average molecular weight is 714 g/mol. The topological polar surface area (TPSA) is 160 Å². The molecule has 50 heavy (non-hydrogen) atoms. The first-order valence-electron chi connectivity index (χ1n) is 19.5. The number of carboxylic acids is 1. The zero-order valence-corrected chi connectivity index (χ0v) is 32.9. The van der Waals surface area contributed by atoms with Gasteiger partial charge in [0.15, 0.2) is 5.78 Å². The predicted molar refractivity (Wildman–Crippen MR) is 201 cm³/mol. The van der Waals surface area contributed by atoms with E-state index in [-0.39, 0.29) is 61.6 Å². The first-order chi connectivity index (χ1) is 23.8. The fourth-order valence-electron chi connectivity index (χ4n) is 4.93. The van der Waals surface area contributed by atoms with Crippen molar-refractivity contribution in [1.29, 1.82) is 0 Å². The van der Waals surface area contributed by atoms with Crippen molar-refractivity contribution in [2.75, 3.05) is 33.0 Å². The van der Waals surface area contributed by atoms with Crippen LogP contribution in [-0.2, 0) is 33.4 Å². The van der Waals surface area contributed by atoms with Crippen LogP contribution >= 0.6 is 0 Å². The van der Waals surface area contributed by atoms with Crippen LogP contribution in [0.5, 0.6) is 0 Å². The Morgan fingerprint density at radius 2 is 1.10 bits per heavy atom. The van der Waals surface area contributed by atoms with E-state index in [2.05, 4.69) is 29.8 Å². The van der Waals surface area contributed by atoms with Crippen molar-refractivity contribution in [3.05, 3.63) is 0 Å². The van der Waals surface area contributed by atoms with Crippen LogP contribution in [0, 0.1) is 5.92 Å². The maximum atomic E-state index is 12.5. The molecule has 0 saturated heterocycles. The minimum atomic E-state index is -1.09. The van der Waals surface area contributed by atoms with Crippen molar-refractivity contribution in [1.82, 2.24) is 16.0 Å². The third-order valence-corrected chi connectivity index (χ3v) is 8.07. The summed E-state index contributed by atoms with van der Waals surface area (Å²) >= 11 is 0. The predicted octanol–water partition coefficient (Wildman–Crippen LogP) is 7.28. The second-order valence-corrected chi connectivity index (χ2v) is 14.3. The van der Waals surface area contributed by atoms with Gasteiger partial charge in [0.2, 0.25) is 17.7 Å². The highest BCUT2D eigenvalue weighted by Gasteiger charge is 2.29. The number of carboxylic acid groups (broad SMARTS) is 1. The second-order valence-electron chi connectivity index (χ2n) is 14.3. The summed E-state index contributed by atoms with van der Waals surface area (Å²) in [6, 6.07) is -0.133. The zero-order chi connectivity index (χ0) is 38.0. The number of nitrogens with one attached hydrogen (secondary N) is 3. The lowest BCUT2D eigenvalue weighted by atomic mass is 10.0. The monoisotopic (exact) mass is 714 g/mol. The molecule has 0 bridgehead atoms. The van der Waals surface area contributed by atoms with Gasteiger partial charge in [-0.25, -0.2) is 0 Å². The molecule has 0 aromatic heterocycles. The molecule has 0 aromatic carbocycles. The Morgan fingerprint density at radius 3 is 1.58 bits per heavy atom. The summed E-state index contributed by atoms with van der Waals surface area (Å²) in [6.07, 6.45) is 18.7. The molecule has 0 aliphatic rings. The molecule has 1 atom stereocenters. The molecule has 3 amide bonds. The average Bonchev–Trinajstić information content (AvgIpc) is 3.04. The first kappa shape index (κ1) is 49.6. The molecule has 11 heteroatoms. The van der Waals surface area contributed by atoms with E-state index < -0.39 is 11.5 Å². The fourth-order valence-corrected chi connectivity index (χ4v) is 4.93. The molecule has 11 nitrogen and oxygen atoms in total. The number of hydrogen-bond donors (Lipinski definition) is 4. The number of ether oxygens (including phenoxy) is 2. The molecular formula is C39H75N3O8. The van der Waals surface area contributed by atoms with E-state index >= 15 is 0 Å². The highest BCUT2D eigenvalue weighted by Crippen LogP contribution is 2.14.